The fourth-order valence-corrected chi connectivity index (χ4v) is 3.79. The molecule has 7 heteroatoms. The average Bonchev–Trinajstić information content (AvgIpc) is 2.60. The minimum Gasteiger partial charge on any atom is -0.457 e. The van der Waals surface area contributed by atoms with E-state index >= 15 is 0 Å². The van der Waals surface area contributed by atoms with Gasteiger partial charge in [-0.3, -0.25) is 4.72 Å². The maximum Gasteiger partial charge on any atom is 0.261 e. The van der Waals surface area contributed by atoms with E-state index in [0.717, 1.165) is 10.0 Å². The van der Waals surface area contributed by atoms with Crippen molar-refractivity contribution in [2.45, 2.75) is 11.8 Å². The van der Waals surface area contributed by atoms with E-state index in [2.05, 4.69) is 20.7 Å². The number of halogens is 2. The van der Waals surface area contributed by atoms with E-state index in [4.69, 9.17) is 16.3 Å². The summed E-state index contributed by atoms with van der Waals surface area (Å²) in [5.41, 5.74) is 1.24. The fraction of sp³-hybridized carbons (Fsp3) is 0.0526. The van der Waals surface area contributed by atoms with Gasteiger partial charge < -0.3 is 4.74 Å². The van der Waals surface area contributed by atoms with Crippen molar-refractivity contribution < 1.29 is 13.2 Å². The summed E-state index contributed by atoms with van der Waals surface area (Å²) in [6.45, 7) is 1.81. The molecule has 0 bridgehead atoms. The van der Waals surface area contributed by atoms with Gasteiger partial charge in [-0.1, -0.05) is 33.6 Å². The number of anilines is 1. The smallest absolute Gasteiger partial charge is 0.261 e. The molecule has 0 aromatic heterocycles. The van der Waals surface area contributed by atoms with Crippen LogP contribution in [0.5, 0.6) is 11.5 Å². The Morgan fingerprint density at radius 3 is 2.12 bits per heavy atom. The summed E-state index contributed by atoms with van der Waals surface area (Å²) in [6, 6.07) is 18.6. The molecule has 0 saturated heterocycles. The van der Waals surface area contributed by atoms with Crippen LogP contribution >= 0.6 is 27.5 Å². The molecule has 1 N–H and O–H groups in total. The van der Waals surface area contributed by atoms with Gasteiger partial charge >= 0.3 is 0 Å². The summed E-state index contributed by atoms with van der Waals surface area (Å²) in [5, 5.41) is 0.464. The van der Waals surface area contributed by atoms with Crippen LogP contribution in [-0.2, 0) is 10.0 Å². The maximum atomic E-state index is 12.6. The highest BCUT2D eigenvalue weighted by atomic mass is 79.9. The third kappa shape index (κ3) is 4.58. The number of ether oxygens (including phenoxy) is 1. The Bertz CT molecular complexity index is 1020. The molecule has 4 nitrogen and oxygen atoms in total. The van der Waals surface area contributed by atoms with Crippen molar-refractivity contribution in [1.82, 2.24) is 0 Å². The molecular weight excluding hydrogens is 438 g/mol. The lowest BCUT2D eigenvalue weighted by molar-refractivity contribution is 0.482. The zero-order chi connectivity index (χ0) is 18.7. The summed E-state index contributed by atoms with van der Waals surface area (Å²) < 4.78 is 34.4. The summed E-state index contributed by atoms with van der Waals surface area (Å²) >= 11 is 9.31. The fourth-order valence-electron chi connectivity index (χ4n) is 2.23. The van der Waals surface area contributed by atoms with Crippen molar-refractivity contribution in [2.24, 2.45) is 0 Å². The zero-order valence-corrected chi connectivity index (χ0v) is 16.9. The highest BCUT2D eigenvalue weighted by molar-refractivity contribution is 9.10. The summed E-state index contributed by atoms with van der Waals surface area (Å²) in [5.74, 6) is 1.21. The molecule has 0 radical (unpaired) electrons. The number of aryl methyl sites for hydroxylation is 1. The molecule has 26 heavy (non-hydrogen) atoms. The van der Waals surface area contributed by atoms with Gasteiger partial charge in [0.25, 0.3) is 10.0 Å². The van der Waals surface area contributed by atoms with Crippen LogP contribution < -0.4 is 9.46 Å². The van der Waals surface area contributed by atoms with Gasteiger partial charge in [-0.05, 0) is 73.2 Å². The van der Waals surface area contributed by atoms with E-state index < -0.39 is 10.0 Å². The van der Waals surface area contributed by atoms with E-state index in [-0.39, 0.29) is 4.90 Å². The Labute approximate surface area is 166 Å². The lowest BCUT2D eigenvalue weighted by Gasteiger charge is -2.12. The first kappa shape index (κ1) is 18.8. The predicted molar refractivity (Wildman–Crippen MR) is 108 cm³/mol. The standard InChI is InChI=1S/C19H15BrClNO3S/c1-13-2-5-15(21)12-19(13)22-26(23,24)18-10-8-17(9-11-18)25-16-6-3-14(20)4-7-16/h2-12,22H,1H3. The Kier molecular flexibility index (Phi) is 5.55. The maximum absolute atomic E-state index is 12.6. The van der Waals surface area contributed by atoms with Crippen molar-refractivity contribution in [3.63, 3.8) is 0 Å². The van der Waals surface area contributed by atoms with Crippen LogP contribution in [-0.4, -0.2) is 8.42 Å². The van der Waals surface area contributed by atoms with Crippen LogP contribution in [0.25, 0.3) is 0 Å². The number of sulfonamides is 1. The van der Waals surface area contributed by atoms with E-state index in [1.807, 2.05) is 31.2 Å². The van der Waals surface area contributed by atoms with Crippen molar-refractivity contribution in [3.8, 4) is 11.5 Å². The van der Waals surface area contributed by atoms with E-state index in [1.54, 1.807) is 30.3 Å². The number of benzene rings is 3. The topological polar surface area (TPSA) is 55.4 Å². The van der Waals surface area contributed by atoms with Crippen molar-refractivity contribution >= 4 is 43.2 Å². The Morgan fingerprint density at radius 1 is 0.923 bits per heavy atom. The van der Waals surface area contributed by atoms with Gasteiger partial charge in [0.2, 0.25) is 0 Å². The third-order valence-electron chi connectivity index (χ3n) is 3.63. The molecule has 3 aromatic carbocycles. The Hall–Kier alpha value is -2.02. The molecule has 0 aliphatic heterocycles. The number of rotatable bonds is 5. The first-order valence-electron chi connectivity index (χ1n) is 7.66. The molecule has 0 aliphatic rings. The molecular formula is C19H15BrClNO3S. The van der Waals surface area contributed by atoms with Crippen LogP contribution in [0.3, 0.4) is 0 Å². The van der Waals surface area contributed by atoms with Crippen molar-refractivity contribution in [2.75, 3.05) is 4.72 Å². The zero-order valence-electron chi connectivity index (χ0n) is 13.7. The number of hydrogen-bond acceptors (Lipinski definition) is 3. The quantitative estimate of drug-likeness (QED) is 0.516. The van der Waals surface area contributed by atoms with E-state index in [0.29, 0.717) is 22.2 Å². The summed E-state index contributed by atoms with van der Waals surface area (Å²) in [7, 11) is -3.72. The van der Waals surface area contributed by atoms with Gasteiger partial charge in [0.05, 0.1) is 10.6 Å². The van der Waals surface area contributed by atoms with E-state index in [1.165, 1.54) is 12.1 Å². The molecule has 0 amide bonds. The van der Waals surface area contributed by atoms with E-state index in [9.17, 15) is 8.42 Å². The Balaban J connectivity index is 1.78. The molecule has 0 fully saturated rings. The second-order valence-corrected chi connectivity index (χ2v) is 8.63. The van der Waals surface area contributed by atoms with Gasteiger partial charge in [-0.25, -0.2) is 8.42 Å². The Morgan fingerprint density at radius 2 is 1.50 bits per heavy atom. The lowest BCUT2D eigenvalue weighted by atomic mass is 10.2. The minimum absolute atomic E-state index is 0.139. The summed E-state index contributed by atoms with van der Waals surface area (Å²) in [6.07, 6.45) is 0. The minimum atomic E-state index is -3.72. The highest BCUT2D eigenvalue weighted by Gasteiger charge is 2.15. The molecule has 0 atom stereocenters. The average molecular weight is 453 g/mol. The molecule has 3 rings (SSSR count). The summed E-state index contributed by atoms with van der Waals surface area (Å²) in [4.78, 5) is 0.139. The molecule has 0 heterocycles. The van der Waals surface area contributed by atoms with Gasteiger partial charge in [0.1, 0.15) is 11.5 Å². The first-order valence-corrected chi connectivity index (χ1v) is 10.3. The normalized spacial score (nSPS) is 11.2. The van der Waals surface area contributed by atoms with Gasteiger partial charge in [-0.15, -0.1) is 0 Å². The van der Waals surface area contributed by atoms with Crippen molar-refractivity contribution in [3.05, 3.63) is 81.8 Å². The van der Waals surface area contributed by atoms with Gasteiger partial charge in [0.15, 0.2) is 0 Å². The van der Waals surface area contributed by atoms with Crippen LogP contribution in [0, 0.1) is 6.92 Å². The van der Waals surface area contributed by atoms with Crippen LogP contribution in [0.15, 0.2) is 76.1 Å². The largest absolute Gasteiger partial charge is 0.457 e. The van der Waals surface area contributed by atoms with Gasteiger partial charge in [-0.2, -0.15) is 0 Å². The van der Waals surface area contributed by atoms with Crippen LogP contribution in [0.1, 0.15) is 5.56 Å². The van der Waals surface area contributed by atoms with Crippen molar-refractivity contribution in [1.29, 1.82) is 0 Å². The molecule has 134 valence electrons. The van der Waals surface area contributed by atoms with Gasteiger partial charge in [0, 0.05) is 9.50 Å². The second kappa shape index (κ2) is 7.70. The lowest BCUT2D eigenvalue weighted by Crippen LogP contribution is -2.13. The SMILES string of the molecule is Cc1ccc(Cl)cc1NS(=O)(=O)c1ccc(Oc2ccc(Br)cc2)cc1. The third-order valence-corrected chi connectivity index (χ3v) is 5.77. The predicted octanol–water partition coefficient (Wildman–Crippen LogP) is 6.00. The molecule has 0 aliphatic carbocycles. The molecule has 0 spiro atoms. The monoisotopic (exact) mass is 451 g/mol. The van der Waals surface area contributed by atoms with Crippen LogP contribution in [0.2, 0.25) is 5.02 Å². The first-order chi connectivity index (χ1) is 12.3. The number of nitrogens with one attached hydrogen (secondary N) is 1. The molecule has 0 unspecified atom stereocenters. The molecule has 3 aromatic rings. The van der Waals surface area contributed by atoms with Crippen LogP contribution in [0.4, 0.5) is 5.69 Å². The highest BCUT2D eigenvalue weighted by Crippen LogP contribution is 2.26. The molecule has 0 saturated carbocycles. The number of hydrogen-bond donors (Lipinski definition) is 1. The second-order valence-electron chi connectivity index (χ2n) is 5.59.